The van der Waals surface area contributed by atoms with Crippen molar-refractivity contribution < 1.29 is 19.1 Å². The highest BCUT2D eigenvalue weighted by Crippen LogP contribution is 2.62. The Labute approximate surface area is 197 Å². The minimum Gasteiger partial charge on any atom is -0.381 e. The molecule has 0 aliphatic heterocycles. The first kappa shape index (κ1) is 22.7. The highest BCUT2D eigenvalue weighted by molar-refractivity contribution is 5.93. The Hall–Kier alpha value is -2.04. The number of carbonyl (C=O) groups is 2. The second-order valence-electron chi connectivity index (χ2n) is 10.6. The van der Waals surface area contributed by atoms with Crippen LogP contribution in [0.4, 0.5) is 0 Å². The van der Waals surface area contributed by atoms with Crippen LogP contribution in [0.1, 0.15) is 74.7 Å². The van der Waals surface area contributed by atoms with Crippen molar-refractivity contribution in [3.63, 3.8) is 0 Å². The molecule has 0 aromatic heterocycles. The van der Waals surface area contributed by atoms with Crippen molar-refractivity contribution in [3.8, 4) is 0 Å². The third-order valence-corrected chi connectivity index (χ3v) is 8.97. The molecule has 1 aromatic carbocycles. The van der Waals surface area contributed by atoms with E-state index < -0.39 is 0 Å². The van der Waals surface area contributed by atoms with E-state index in [4.69, 9.17) is 9.47 Å². The van der Waals surface area contributed by atoms with Crippen molar-refractivity contribution in [2.75, 3.05) is 13.2 Å². The molecule has 4 aliphatic rings. The van der Waals surface area contributed by atoms with Crippen LogP contribution in [0.3, 0.4) is 0 Å². The number of carbonyl (C=O) groups excluding carboxylic acids is 2. The lowest BCUT2D eigenvalue weighted by atomic mass is 9.55. The van der Waals surface area contributed by atoms with Crippen LogP contribution in [0.2, 0.25) is 0 Å². The SMILES string of the molecule is CCOC[C@@H]1CC[C@H]2[C@@H]3CCC4=CC(=O)CCC4=C3[C@@H](OCc3ccc(C=O)cc3)C[C@]12C. The summed E-state index contributed by atoms with van der Waals surface area (Å²) in [4.78, 5) is 23.1. The van der Waals surface area contributed by atoms with Gasteiger partial charge in [-0.15, -0.1) is 0 Å². The molecule has 4 aliphatic carbocycles. The van der Waals surface area contributed by atoms with E-state index in [2.05, 4.69) is 13.8 Å². The Morgan fingerprint density at radius 2 is 1.91 bits per heavy atom. The van der Waals surface area contributed by atoms with E-state index in [-0.39, 0.29) is 17.3 Å². The van der Waals surface area contributed by atoms with Gasteiger partial charge in [0.05, 0.1) is 12.7 Å². The summed E-state index contributed by atoms with van der Waals surface area (Å²) in [6.07, 6.45) is 10.1. The lowest BCUT2D eigenvalue weighted by Crippen LogP contribution is -2.47. The molecule has 0 spiro atoms. The Morgan fingerprint density at radius 3 is 2.67 bits per heavy atom. The van der Waals surface area contributed by atoms with Gasteiger partial charge in [-0.2, -0.15) is 0 Å². The molecule has 0 amide bonds. The molecule has 0 heterocycles. The lowest BCUT2D eigenvalue weighted by molar-refractivity contribution is -0.114. The fourth-order valence-corrected chi connectivity index (χ4v) is 7.26. The molecule has 4 nitrogen and oxygen atoms in total. The summed E-state index contributed by atoms with van der Waals surface area (Å²) in [5.41, 5.74) is 6.22. The van der Waals surface area contributed by atoms with Crippen LogP contribution in [0.25, 0.3) is 0 Å². The number of aldehydes is 1. The van der Waals surface area contributed by atoms with Gasteiger partial charge in [0, 0.05) is 25.2 Å². The first-order chi connectivity index (χ1) is 16.0. The van der Waals surface area contributed by atoms with Gasteiger partial charge in [-0.25, -0.2) is 0 Å². The number of ketones is 1. The van der Waals surface area contributed by atoms with Gasteiger partial charge in [-0.3, -0.25) is 9.59 Å². The van der Waals surface area contributed by atoms with E-state index in [9.17, 15) is 9.59 Å². The van der Waals surface area contributed by atoms with Crippen LogP contribution >= 0.6 is 0 Å². The molecule has 33 heavy (non-hydrogen) atoms. The molecule has 176 valence electrons. The summed E-state index contributed by atoms with van der Waals surface area (Å²) < 4.78 is 12.6. The molecule has 4 heteroatoms. The monoisotopic (exact) mass is 448 g/mol. The lowest BCUT2D eigenvalue weighted by Gasteiger charge is -2.52. The van der Waals surface area contributed by atoms with E-state index in [0.29, 0.717) is 36.3 Å². The Kier molecular flexibility index (Phi) is 6.41. The maximum absolute atomic E-state index is 12.1. The molecular formula is C29H36O4. The highest BCUT2D eigenvalue weighted by Gasteiger charge is 2.56. The first-order valence-electron chi connectivity index (χ1n) is 12.7. The molecule has 0 bridgehead atoms. The number of rotatable bonds is 7. The van der Waals surface area contributed by atoms with Gasteiger partial charge < -0.3 is 9.47 Å². The normalized spacial score (nSPS) is 33.3. The van der Waals surface area contributed by atoms with Crippen molar-refractivity contribution in [2.24, 2.45) is 23.2 Å². The van der Waals surface area contributed by atoms with Gasteiger partial charge in [-0.05, 0) is 97.0 Å². The van der Waals surface area contributed by atoms with E-state index in [1.54, 1.807) is 0 Å². The van der Waals surface area contributed by atoms with Gasteiger partial charge in [0.25, 0.3) is 0 Å². The Balaban J connectivity index is 1.47. The topological polar surface area (TPSA) is 52.6 Å². The number of hydrogen-bond donors (Lipinski definition) is 0. The quantitative estimate of drug-likeness (QED) is 0.491. The van der Waals surface area contributed by atoms with Gasteiger partial charge in [0.2, 0.25) is 0 Å². The Bertz CT molecular complexity index is 972. The molecule has 2 fully saturated rings. The second kappa shape index (κ2) is 9.31. The molecular weight excluding hydrogens is 412 g/mol. The summed E-state index contributed by atoms with van der Waals surface area (Å²) >= 11 is 0. The fraction of sp³-hybridized carbons (Fsp3) is 0.586. The van der Waals surface area contributed by atoms with Gasteiger partial charge in [0.1, 0.15) is 6.29 Å². The fourth-order valence-electron chi connectivity index (χ4n) is 7.26. The molecule has 2 saturated carbocycles. The van der Waals surface area contributed by atoms with Crippen molar-refractivity contribution in [1.82, 2.24) is 0 Å². The van der Waals surface area contributed by atoms with Crippen LogP contribution in [0, 0.1) is 23.2 Å². The average Bonchev–Trinajstić information content (AvgIpc) is 3.16. The zero-order valence-electron chi connectivity index (χ0n) is 20.0. The number of ether oxygens (including phenoxy) is 2. The number of fused-ring (bicyclic) bond motifs is 4. The summed E-state index contributed by atoms with van der Waals surface area (Å²) in [5.74, 6) is 2.09. The summed E-state index contributed by atoms with van der Waals surface area (Å²) in [7, 11) is 0. The highest BCUT2D eigenvalue weighted by atomic mass is 16.5. The first-order valence-corrected chi connectivity index (χ1v) is 12.7. The van der Waals surface area contributed by atoms with Crippen molar-refractivity contribution >= 4 is 12.1 Å². The average molecular weight is 449 g/mol. The van der Waals surface area contributed by atoms with Crippen molar-refractivity contribution in [1.29, 1.82) is 0 Å². The molecule has 0 N–H and O–H groups in total. The van der Waals surface area contributed by atoms with Crippen molar-refractivity contribution in [3.05, 3.63) is 58.2 Å². The van der Waals surface area contributed by atoms with Crippen LogP contribution in [-0.2, 0) is 20.9 Å². The maximum Gasteiger partial charge on any atom is 0.156 e. The standard InChI is InChI=1S/C29H36O4/c1-3-32-18-22-9-13-26-25-11-8-21-14-23(31)10-12-24(21)28(25)27(15-29(22,26)2)33-17-20-6-4-19(16-30)5-7-20/h4-7,14,16,22,25-27H,3,8-13,15,17-18H2,1-2H3/t22-,25-,26-,27-,29+/m0/s1. The van der Waals surface area contributed by atoms with Gasteiger partial charge >= 0.3 is 0 Å². The number of benzene rings is 1. The van der Waals surface area contributed by atoms with Crippen LogP contribution in [0.5, 0.6) is 0 Å². The van der Waals surface area contributed by atoms with Crippen molar-refractivity contribution in [2.45, 2.75) is 71.5 Å². The van der Waals surface area contributed by atoms with Gasteiger partial charge in [-0.1, -0.05) is 31.2 Å². The Morgan fingerprint density at radius 1 is 1.09 bits per heavy atom. The molecule has 0 unspecified atom stereocenters. The molecule has 0 radical (unpaired) electrons. The summed E-state index contributed by atoms with van der Waals surface area (Å²) in [5, 5.41) is 0. The summed E-state index contributed by atoms with van der Waals surface area (Å²) in [6.45, 7) is 6.73. The number of allylic oxidation sites excluding steroid dienone is 3. The third-order valence-electron chi connectivity index (χ3n) is 8.97. The van der Waals surface area contributed by atoms with Crippen LogP contribution < -0.4 is 0 Å². The predicted octanol–water partition coefficient (Wildman–Crippen LogP) is 5.85. The van der Waals surface area contributed by atoms with Gasteiger partial charge in [0.15, 0.2) is 5.78 Å². The summed E-state index contributed by atoms with van der Waals surface area (Å²) in [6, 6.07) is 7.70. The van der Waals surface area contributed by atoms with Crippen LogP contribution in [0.15, 0.2) is 47.1 Å². The smallest absolute Gasteiger partial charge is 0.156 e. The second-order valence-corrected chi connectivity index (χ2v) is 10.6. The largest absolute Gasteiger partial charge is 0.381 e. The molecule has 5 rings (SSSR count). The molecule has 1 aromatic rings. The van der Waals surface area contributed by atoms with E-state index in [1.807, 2.05) is 30.3 Å². The van der Waals surface area contributed by atoms with Crippen LogP contribution in [-0.4, -0.2) is 31.4 Å². The maximum atomic E-state index is 12.1. The minimum absolute atomic E-state index is 0.0797. The van der Waals surface area contributed by atoms with E-state index in [0.717, 1.165) is 50.7 Å². The number of hydrogen-bond acceptors (Lipinski definition) is 4. The van der Waals surface area contributed by atoms with E-state index in [1.165, 1.54) is 29.6 Å². The zero-order chi connectivity index (χ0) is 23.0. The zero-order valence-corrected chi connectivity index (χ0v) is 20.0. The van der Waals surface area contributed by atoms with E-state index >= 15 is 0 Å². The molecule has 0 saturated heterocycles. The predicted molar refractivity (Wildman–Crippen MR) is 128 cm³/mol. The third kappa shape index (κ3) is 4.17. The molecule has 5 atom stereocenters. The minimum atomic E-state index is 0.0797.